The molecular weight excluding hydrogens is 384 g/mol. The molecule has 2 aromatic rings. The van der Waals surface area contributed by atoms with Gasteiger partial charge in [-0.15, -0.1) is 0 Å². The van der Waals surface area contributed by atoms with E-state index in [1.165, 1.54) is 6.07 Å². The van der Waals surface area contributed by atoms with E-state index in [1.807, 2.05) is 6.92 Å². The highest BCUT2D eigenvalue weighted by Crippen LogP contribution is 2.32. The first kappa shape index (κ1) is 14.3. The highest BCUT2D eigenvalue weighted by Gasteiger charge is 2.17. The van der Waals surface area contributed by atoms with Gasteiger partial charge in [-0.2, -0.15) is 0 Å². The Balaban J connectivity index is 2.66. The molecule has 0 radical (unpaired) electrons. The number of halogens is 4. The van der Waals surface area contributed by atoms with Gasteiger partial charge < -0.3 is 5.73 Å². The normalized spacial score (nSPS) is 10.8. The van der Waals surface area contributed by atoms with Crippen molar-refractivity contribution < 1.29 is 8.78 Å². The Morgan fingerprint density at radius 3 is 2.47 bits per heavy atom. The van der Waals surface area contributed by atoms with Gasteiger partial charge in [0.25, 0.3) is 0 Å². The Bertz CT molecular complexity index is 647. The predicted molar refractivity (Wildman–Crippen MR) is 76.6 cm³/mol. The van der Waals surface area contributed by atoms with Crippen LogP contribution in [0.5, 0.6) is 0 Å². The minimum atomic E-state index is -0.972. The zero-order valence-electron chi connectivity index (χ0n) is 9.85. The molecule has 0 aliphatic heterocycles. The quantitative estimate of drug-likeness (QED) is 0.783. The maximum absolute atomic E-state index is 13.5. The number of aryl methyl sites for hydroxylation is 1. The number of aromatic nitrogens is 2. The molecule has 19 heavy (non-hydrogen) atoms. The van der Waals surface area contributed by atoms with Gasteiger partial charge in [0, 0.05) is 5.56 Å². The average molecular weight is 393 g/mol. The highest BCUT2D eigenvalue weighted by atomic mass is 79.9. The van der Waals surface area contributed by atoms with E-state index in [4.69, 9.17) is 5.73 Å². The molecule has 2 N–H and O–H groups in total. The molecule has 7 heteroatoms. The van der Waals surface area contributed by atoms with Gasteiger partial charge in [0.15, 0.2) is 17.5 Å². The predicted octanol–water partition coefficient (Wildman–Crippen LogP) is 4.09. The summed E-state index contributed by atoms with van der Waals surface area (Å²) in [5.41, 5.74) is 6.83. The number of nitrogens with two attached hydrogens (primary N) is 1. The second-order valence-electron chi connectivity index (χ2n) is 3.77. The number of nitrogen functional groups attached to an aromatic ring is 1. The van der Waals surface area contributed by atoms with Crippen molar-refractivity contribution in [3.05, 3.63) is 38.4 Å². The minimum absolute atomic E-state index is 0.0173. The highest BCUT2D eigenvalue weighted by molar-refractivity contribution is 9.11. The van der Waals surface area contributed by atoms with Crippen molar-refractivity contribution in [1.82, 2.24) is 9.97 Å². The number of rotatable bonds is 2. The molecule has 100 valence electrons. The summed E-state index contributed by atoms with van der Waals surface area (Å²) < 4.78 is 27.2. The first-order valence-electron chi connectivity index (χ1n) is 5.41. The van der Waals surface area contributed by atoms with Crippen molar-refractivity contribution in [2.45, 2.75) is 13.3 Å². The van der Waals surface area contributed by atoms with Crippen LogP contribution in [-0.2, 0) is 6.42 Å². The van der Waals surface area contributed by atoms with Gasteiger partial charge in [-0.1, -0.05) is 6.92 Å². The van der Waals surface area contributed by atoms with E-state index < -0.39 is 11.6 Å². The van der Waals surface area contributed by atoms with Crippen molar-refractivity contribution in [1.29, 1.82) is 0 Å². The number of hydrogen-bond acceptors (Lipinski definition) is 3. The standard InChI is InChI=1S/C12H9Br2F2N3/c1-2-7-9(14)11(17)19-12(18-7)5-3-4-6(15)10(16)8(5)13/h3-4H,2H2,1H3,(H2,17,18,19). The molecule has 3 nitrogen and oxygen atoms in total. The number of hydrogen-bond donors (Lipinski definition) is 1. The Morgan fingerprint density at radius 1 is 1.16 bits per heavy atom. The summed E-state index contributed by atoms with van der Waals surface area (Å²) in [6.07, 6.45) is 0.640. The summed E-state index contributed by atoms with van der Waals surface area (Å²) in [7, 11) is 0. The zero-order valence-corrected chi connectivity index (χ0v) is 13.0. The van der Waals surface area contributed by atoms with Gasteiger partial charge in [0.05, 0.1) is 14.6 Å². The lowest BCUT2D eigenvalue weighted by atomic mass is 10.2. The van der Waals surface area contributed by atoms with Crippen LogP contribution >= 0.6 is 31.9 Å². The van der Waals surface area contributed by atoms with Crippen LogP contribution < -0.4 is 5.73 Å². The molecular formula is C12H9Br2F2N3. The maximum Gasteiger partial charge on any atom is 0.173 e. The Morgan fingerprint density at radius 2 is 1.84 bits per heavy atom. The summed E-state index contributed by atoms with van der Waals surface area (Å²) in [4.78, 5) is 8.38. The van der Waals surface area contributed by atoms with Crippen LogP contribution in [0.15, 0.2) is 21.1 Å². The van der Waals surface area contributed by atoms with Gasteiger partial charge in [-0.25, -0.2) is 18.7 Å². The average Bonchev–Trinajstić information content (AvgIpc) is 2.39. The third-order valence-corrected chi connectivity index (χ3v) is 4.20. The van der Waals surface area contributed by atoms with Crippen molar-refractivity contribution in [2.24, 2.45) is 0 Å². The number of benzene rings is 1. The lowest BCUT2D eigenvalue weighted by molar-refractivity contribution is 0.504. The fourth-order valence-electron chi connectivity index (χ4n) is 1.57. The first-order chi connectivity index (χ1) is 8.95. The van der Waals surface area contributed by atoms with E-state index in [0.717, 1.165) is 6.07 Å². The second kappa shape index (κ2) is 5.50. The number of anilines is 1. The molecule has 1 aromatic heterocycles. The van der Waals surface area contributed by atoms with Crippen molar-refractivity contribution >= 4 is 37.7 Å². The molecule has 2 rings (SSSR count). The topological polar surface area (TPSA) is 51.8 Å². The Hall–Kier alpha value is -1.08. The number of nitrogens with zero attached hydrogens (tertiary/aromatic N) is 2. The molecule has 0 spiro atoms. The van der Waals surface area contributed by atoms with E-state index in [-0.39, 0.29) is 16.1 Å². The van der Waals surface area contributed by atoms with Crippen LogP contribution in [0.25, 0.3) is 11.4 Å². The molecule has 0 saturated heterocycles. The lowest BCUT2D eigenvalue weighted by Gasteiger charge is -2.09. The first-order valence-corrected chi connectivity index (χ1v) is 7.00. The van der Waals surface area contributed by atoms with Gasteiger partial charge >= 0.3 is 0 Å². The third kappa shape index (κ3) is 2.62. The second-order valence-corrected chi connectivity index (χ2v) is 5.36. The Labute approximate surface area is 125 Å². The molecule has 0 atom stereocenters. The molecule has 0 aliphatic carbocycles. The SMILES string of the molecule is CCc1nc(-c2ccc(F)c(F)c2Br)nc(N)c1Br. The van der Waals surface area contributed by atoms with Crippen LogP contribution in [0.4, 0.5) is 14.6 Å². The Kier molecular flexibility index (Phi) is 4.15. The van der Waals surface area contributed by atoms with Crippen LogP contribution in [0.2, 0.25) is 0 Å². The van der Waals surface area contributed by atoms with E-state index in [2.05, 4.69) is 41.8 Å². The summed E-state index contributed by atoms with van der Waals surface area (Å²) >= 11 is 6.31. The summed E-state index contributed by atoms with van der Waals surface area (Å²) in [6, 6.07) is 2.44. The lowest BCUT2D eigenvalue weighted by Crippen LogP contribution is -2.03. The van der Waals surface area contributed by atoms with Gasteiger partial charge in [-0.3, -0.25) is 0 Å². The van der Waals surface area contributed by atoms with Gasteiger partial charge in [0.2, 0.25) is 0 Å². The third-order valence-electron chi connectivity index (χ3n) is 2.56. The van der Waals surface area contributed by atoms with Crippen molar-refractivity contribution in [3.63, 3.8) is 0 Å². The van der Waals surface area contributed by atoms with Crippen molar-refractivity contribution in [2.75, 3.05) is 5.73 Å². The van der Waals surface area contributed by atoms with E-state index in [0.29, 0.717) is 22.2 Å². The molecule has 1 aromatic carbocycles. The van der Waals surface area contributed by atoms with E-state index in [1.54, 1.807) is 0 Å². The molecule has 0 saturated carbocycles. The van der Waals surface area contributed by atoms with E-state index in [9.17, 15) is 8.78 Å². The monoisotopic (exact) mass is 391 g/mol. The van der Waals surface area contributed by atoms with Crippen LogP contribution in [-0.4, -0.2) is 9.97 Å². The molecule has 1 heterocycles. The van der Waals surface area contributed by atoms with Crippen LogP contribution in [0.3, 0.4) is 0 Å². The summed E-state index contributed by atoms with van der Waals surface area (Å²) in [5, 5.41) is 0. The smallest absolute Gasteiger partial charge is 0.173 e. The molecule has 0 unspecified atom stereocenters. The molecule has 0 fully saturated rings. The maximum atomic E-state index is 13.5. The van der Waals surface area contributed by atoms with Crippen LogP contribution in [0.1, 0.15) is 12.6 Å². The largest absolute Gasteiger partial charge is 0.383 e. The molecule has 0 amide bonds. The summed E-state index contributed by atoms with van der Waals surface area (Å²) in [6.45, 7) is 1.91. The van der Waals surface area contributed by atoms with Gasteiger partial charge in [-0.05, 0) is 50.4 Å². The fourth-order valence-corrected chi connectivity index (χ4v) is 2.52. The molecule has 0 aliphatic rings. The van der Waals surface area contributed by atoms with Crippen LogP contribution in [0, 0.1) is 11.6 Å². The fraction of sp³-hybridized carbons (Fsp3) is 0.167. The van der Waals surface area contributed by atoms with Gasteiger partial charge in [0.1, 0.15) is 5.82 Å². The molecule has 0 bridgehead atoms. The summed E-state index contributed by atoms with van der Waals surface area (Å²) in [5.74, 6) is -1.39. The van der Waals surface area contributed by atoms with Crippen molar-refractivity contribution in [3.8, 4) is 11.4 Å². The van der Waals surface area contributed by atoms with E-state index >= 15 is 0 Å². The zero-order chi connectivity index (χ0) is 14.2. The minimum Gasteiger partial charge on any atom is -0.383 e.